The standard InChI is InChI=1S/C18H14Cl2N8/c19-13-2-1-3-14(20)12(13)8-15-25-17(28-18(26-15)27-16(22)23)24-11-6-4-10(9-21)5-7-11/h1-7H,8H2,(H5,22,23,24,25,26,27,28). The van der Waals surface area contributed by atoms with Crippen molar-refractivity contribution in [2.75, 3.05) is 10.6 Å². The lowest BCUT2D eigenvalue weighted by molar-refractivity contribution is 0.933. The monoisotopic (exact) mass is 412 g/mol. The van der Waals surface area contributed by atoms with E-state index in [4.69, 9.17) is 39.6 Å². The van der Waals surface area contributed by atoms with Crippen LogP contribution in [0.4, 0.5) is 17.6 Å². The molecule has 0 bridgehead atoms. The van der Waals surface area contributed by atoms with Crippen molar-refractivity contribution < 1.29 is 0 Å². The van der Waals surface area contributed by atoms with Crippen molar-refractivity contribution in [1.82, 2.24) is 15.0 Å². The zero-order valence-electron chi connectivity index (χ0n) is 14.4. The highest BCUT2D eigenvalue weighted by Crippen LogP contribution is 2.26. The van der Waals surface area contributed by atoms with E-state index in [1.54, 1.807) is 42.5 Å². The van der Waals surface area contributed by atoms with Crippen molar-refractivity contribution in [2.45, 2.75) is 6.42 Å². The van der Waals surface area contributed by atoms with Crippen molar-refractivity contribution >= 4 is 46.7 Å². The lowest BCUT2D eigenvalue weighted by atomic mass is 10.1. The first kappa shape index (κ1) is 19.4. The Balaban J connectivity index is 1.94. The number of anilines is 3. The van der Waals surface area contributed by atoms with Gasteiger partial charge in [-0.2, -0.15) is 20.2 Å². The highest BCUT2D eigenvalue weighted by atomic mass is 35.5. The molecule has 0 saturated carbocycles. The van der Waals surface area contributed by atoms with Gasteiger partial charge in [0, 0.05) is 22.2 Å². The van der Waals surface area contributed by atoms with Crippen LogP contribution in [0.1, 0.15) is 17.0 Å². The molecule has 0 radical (unpaired) electrons. The zero-order valence-corrected chi connectivity index (χ0v) is 15.9. The van der Waals surface area contributed by atoms with Crippen molar-refractivity contribution in [3.63, 3.8) is 0 Å². The summed E-state index contributed by atoms with van der Waals surface area (Å²) in [5, 5.41) is 22.9. The van der Waals surface area contributed by atoms with Gasteiger partial charge in [0.25, 0.3) is 0 Å². The maximum atomic E-state index is 8.89. The molecule has 8 nitrogen and oxygen atoms in total. The number of rotatable bonds is 5. The largest absolute Gasteiger partial charge is 0.370 e. The Hall–Kier alpha value is -3.41. The third-order valence-electron chi connectivity index (χ3n) is 3.59. The Labute approximate surface area is 170 Å². The van der Waals surface area contributed by atoms with Crippen LogP contribution in [0.15, 0.2) is 42.5 Å². The molecule has 0 aliphatic rings. The quantitative estimate of drug-likeness (QED) is 0.370. The SMILES string of the molecule is N#Cc1ccc(Nc2nc(Cc3c(Cl)cccc3Cl)nc(NC(=N)N)n2)cc1. The lowest BCUT2D eigenvalue weighted by Crippen LogP contribution is -2.23. The van der Waals surface area contributed by atoms with Gasteiger partial charge in [0.2, 0.25) is 11.9 Å². The lowest BCUT2D eigenvalue weighted by Gasteiger charge is -2.11. The van der Waals surface area contributed by atoms with Gasteiger partial charge in [-0.3, -0.25) is 10.7 Å². The van der Waals surface area contributed by atoms with Gasteiger partial charge in [0.05, 0.1) is 11.6 Å². The molecule has 0 aliphatic carbocycles. The molecular weight excluding hydrogens is 399 g/mol. The van der Waals surface area contributed by atoms with E-state index in [0.717, 1.165) is 0 Å². The van der Waals surface area contributed by atoms with E-state index in [9.17, 15) is 0 Å². The smallest absolute Gasteiger partial charge is 0.234 e. The second kappa shape index (κ2) is 8.52. The summed E-state index contributed by atoms with van der Waals surface area (Å²) in [5.74, 6) is 0.417. The van der Waals surface area contributed by atoms with Crippen LogP contribution in [-0.4, -0.2) is 20.9 Å². The summed E-state index contributed by atoms with van der Waals surface area (Å²) in [4.78, 5) is 12.9. The predicted molar refractivity (Wildman–Crippen MR) is 109 cm³/mol. The van der Waals surface area contributed by atoms with Crippen LogP contribution in [0.25, 0.3) is 0 Å². The number of halogens is 2. The maximum absolute atomic E-state index is 8.89. The van der Waals surface area contributed by atoms with Gasteiger partial charge in [0.1, 0.15) is 5.82 Å². The highest BCUT2D eigenvalue weighted by Gasteiger charge is 2.12. The average molecular weight is 413 g/mol. The summed E-state index contributed by atoms with van der Waals surface area (Å²) in [7, 11) is 0. The van der Waals surface area contributed by atoms with Crippen LogP contribution in [0.5, 0.6) is 0 Å². The second-order valence-corrected chi connectivity index (χ2v) is 6.44. The van der Waals surface area contributed by atoms with E-state index in [0.29, 0.717) is 32.7 Å². The molecule has 10 heteroatoms. The number of benzene rings is 2. The summed E-state index contributed by atoms with van der Waals surface area (Å²) < 4.78 is 0. The van der Waals surface area contributed by atoms with Gasteiger partial charge >= 0.3 is 0 Å². The Morgan fingerprint density at radius 1 is 1.04 bits per heavy atom. The first-order valence-corrected chi connectivity index (χ1v) is 8.76. The van der Waals surface area contributed by atoms with Crippen LogP contribution in [-0.2, 0) is 6.42 Å². The molecule has 0 fully saturated rings. The minimum Gasteiger partial charge on any atom is -0.370 e. The van der Waals surface area contributed by atoms with Crippen LogP contribution < -0.4 is 16.4 Å². The fraction of sp³-hybridized carbons (Fsp3) is 0.0556. The van der Waals surface area contributed by atoms with Crippen LogP contribution in [0.2, 0.25) is 10.0 Å². The first-order chi connectivity index (χ1) is 13.4. The molecule has 2 aromatic carbocycles. The molecule has 1 heterocycles. The van der Waals surface area contributed by atoms with E-state index in [-0.39, 0.29) is 24.3 Å². The number of hydrogen-bond donors (Lipinski definition) is 4. The van der Waals surface area contributed by atoms with E-state index in [2.05, 4.69) is 31.7 Å². The number of nitriles is 1. The fourth-order valence-electron chi connectivity index (χ4n) is 2.35. The molecule has 3 rings (SSSR count). The predicted octanol–water partition coefficient (Wildman–Crippen LogP) is 3.69. The van der Waals surface area contributed by atoms with Crippen LogP contribution in [0, 0.1) is 16.7 Å². The Morgan fingerprint density at radius 3 is 2.29 bits per heavy atom. The summed E-state index contributed by atoms with van der Waals surface area (Å²) in [6, 6.07) is 14.1. The van der Waals surface area contributed by atoms with Crippen molar-refractivity contribution in [3.8, 4) is 6.07 Å². The Bertz CT molecular complexity index is 1040. The third kappa shape index (κ3) is 4.85. The van der Waals surface area contributed by atoms with Gasteiger partial charge in [0.15, 0.2) is 5.96 Å². The summed E-state index contributed by atoms with van der Waals surface area (Å²) in [6.07, 6.45) is 0.260. The Kier molecular flexibility index (Phi) is 5.89. The Morgan fingerprint density at radius 2 is 1.68 bits per heavy atom. The molecule has 140 valence electrons. The van der Waals surface area contributed by atoms with Gasteiger partial charge < -0.3 is 11.1 Å². The van der Waals surface area contributed by atoms with Gasteiger partial charge in [-0.05, 0) is 42.0 Å². The number of hydrogen-bond acceptors (Lipinski definition) is 6. The topological polar surface area (TPSA) is 136 Å². The number of nitrogens with zero attached hydrogens (tertiary/aromatic N) is 4. The van der Waals surface area contributed by atoms with Gasteiger partial charge in [-0.1, -0.05) is 29.3 Å². The molecule has 0 spiro atoms. The molecule has 0 aliphatic heterocycles. The number of nitrogens with one attached hydrogen (secondary N) is 3. The van der Waals surface area contributed by atoms with Gasteiger partial charge in [-0.25, -0.2) is 0 Å². The molecule has 28 heavy (non-hydrogen) atoms. The molecule has 1 aromatic heterocycles. The van der Waals surface area contributed by atoms with E-state index in [1.807, 2.05) is 0 Å². The van der Waals surface area contributed by atoms with Crippen molar-refractivity contribution in [1.29, 1.82) is 10.7 Å². The maximum Gasteiger partial charge on any atom is 0.234 e. The second-order valence-electron chi connectivity index (χ2n) is 5.63. The minimum atomic E-state index is -0.308. The molecule has 5 N–H and O–H groups in total. The minimum absolute atomic E-state index is 0.108. The van der Waals surface area contributed by atoms with E-state index < -0.39 is 0 Å². The molecule has 0 unspecified atom stereocenters. The normalized spacial score (nSPS) is 10.2. The molecule has 0 saturated heterocycles. The van der Waals surface area contributed by atoms with Crippen molar-refractivity contribution in [2.24, 2.45) is 5.73 Å². The first-order valence-electron chi connectivity index (χ1n) is 8.00. The number of nitrogens with two attached hydrogens (primary N) is 1. The number of aromatic nitrogens is 3. The molecule has 0 atom stereocenters. The van der Waals surface area contributed by atoms with E-state index in [1.165, 1.54) is 0 Å². The zero-order chi connectivity index (χ0) is 20.1. The summed E-state index contributed by atoms with van der Waals surface area (Å²) in [5.41, 5.74) is 7.28. The average Bonchev–Trinajstić information content (AvgIpc) is 2.65. The summed E-state index contributed by atoms with van der Waals surface area (Å²) >= 11 is 12.5. The molecular formula is C18H14Cl2N8. The highest BCUT2D eigenvalue weighted by molar-refractivity contribution is 6.36. The van der Waals surface area contributed by atoms with E-state index >= 15 is 0 Å². The number of guanidine groups is 1. The third-order valence-corrected chi connectivity index (χ3v) is 4.30. The van der Waals surface area contributed by atoms with Crippen LogP contribution in [0.3, 0.4) is 0 Å². The van der Waals surface area contributed by atoms with Gasteiger partial charge in [-0.15, -0.1) is 0 Å². The molecule has 3 aromatic rings. The fourth-order valence-corrected chi connectivity index (χ4v) is 2.88. The molecule has 0 amide bonds. The van der Waals surface area contributed by atoms with Crippen molar-refractivity contribution in [3.05, 3.63) is 69.5 Å². The summed E-state index contributed by atoms with van der Waals surface area (Å²) in [6.45, 7) is 0. The van der Waals surface area contributed by atoms with Crippen LogP contribution >= 0.6 is 23.2 Å².